The van der Waals surface area contributed by atoms with Gasteiger partial charge in [-0.05, 0) is 31.0 Å². The maximum Gasteiger partial charge on any atom is 0.242 e. The Morgan fingerprint density at radius 2 is 2.25 bits per heavy atom. The number of carbonyl (C=O) groups is 2. The summed E-state index contributed by atoms with van der Waals surface area (Å²) in [5, 5.41) is 2.75. The van der Waals surface area contributed by atoms with E-state index in [1.54, 1.807) is 18.9 Å². The Bertz CT molecular complexity index is 528. The lowest BCUT2D eigenvalue weighted by molar-refractivity contribution is -0.142. The van der Waals surface area contributed by atoms with Crippen molar-refractivity contribution in [2.24, 2.45) is 0 Å². The van der Waals surface area contributed by atoms with E-state index in [4.69, 9.17) is 4.74 Å². The first-order chi connectivity index (χ1) is 9.52. The van der Waals surface area contributed by atoms with Gasteiger partial charge in [-0.1, -0.05) is 12.1 Å². The second-order valence-corrected chi connectivity index (χ2v) is 5.03. The average Bonchev–Trinajstić information content (AvgIpc) is 2.43. The fraction of sp³-hybridized carbons (Fsp3) is 0.467. The largest absolute Gasteiger partial charge is 0.496 e. The zero-order valence-corrected chi connectivity index (χ0v) is 12.1. The molecular weight excluding hydrogens is 256 g/mol. The first-order valence-electron chi connectivity index (χ1n) is 6.73. The van der Waals surface area contributed by atoms with E-state index in [0.29, 0.717) is 13.1 Å². The lowest BCUT2D eigenvalue weighted by Crippen LogP contribution is -2.56. The molecule has 1 aromatic rings. The number of benzene rings is 1. The van der Waals surface area contributed by atoms with Gasteiger partial charge in [-0.2, -0.15) is 0 Å². The van der Waals surface area contributed by atoms with Crippen molar-refractivity contribution in [2.45, 2.75) is 26.3 Å². The number of piperazine rings is 1. The van der Waals surface area contributed by atoms with Gasteiger partial charge in [0, 0.05) is 13.1 Å². The van der Waals surface area contributed by atoms with Crippen LogP contribution in [0.1, 0.15) is 18.1 Å². The fourth-order valence-electron chi connectivity index (χ4n) is 2.37. The van der Waals surface area contributed by atoms with Crippen LogP contribution in [-0.2, 0) is 16.0 Å². The molecule has 1 atom stereocenters. The lowest BCUT2D eigenvalue weighted by Gasteiger charge is -2.33. The minimum atomic E-state index is -0.399. The Morgan fingerprint density at radius 1 is 1.50 bits per heavy atom. The van der Waals surface area contributed by atoms with Gasteiger partial charge in [-0.3, -0.25) is 9.59 Å². The van der Waals surface area contributed by atoms with Crippen LogP contribution in [0.2, 0.25) is 0 Å². The van der Waals surface area contributed by atoms with Crippen LogP contribution in [0.4, 0.5) is 0 Å². The zero-order chi connectivity index (χ0) is 14.7. The number of carbonyl (C=O) groups excluding carboxylic acids is 2. The topological polar surface area (TPSA) is 58.6 Å². The molecule has 1 heterocycles. The monoisotopic (exact) mass is 276 g/mol. The number of nitrogens with one attached hydrogen (secondary N) is 1. The molecule has 1 unspecified atom stereocenters. The summed E-state index contributed by atoms with van der Waals surface area (Å²) >= 11 is 0. The third kappa shape index (κ3) is 2.92. The van der Waals surface area contributed by atoms with Crippen molar-refractivity contribution in [2.75, 3.05) is 20.2 Å². The molecule has 1 N–H and O–H groups in total. The molecule has 0 aromatic heterocycles. The number of aryl methyl sites for hydroxylation is 1. The van der Waals surface area contributed by atoms with Gasteiger partial charge in [0.05, 0.1) is 13.5 Å². The Balaban J connectivity index is 2.09. The lowest BCUT2D eigenvalue weighted by atomic mass is 10.1. The molecule has 1 aliphatic rings. The Hall–Kier alpha value is -2.04. The molecule has 1 fully saturated rings. The number of hydrogen-bond donors (Lipinski definition) is 1. The maximum absolute atomic E-state index is 12.3. The van der Waals surface area contributed by atoms with Crippen LogP contribution < -0.4 is 10.1 Å². The number of methoxy groups -OCH3 is 1. The molecule has 108 valence electrons. The zero-order valence-electron chi connectivity index (χ0n) is 12.1. The fourth-order valence-corrected chi connectivity index (χ4v) is 2.37. The molecule has 1 saturated heterocycles. The number of hydrogen-bond acceptors (Lipinski definition) is 3. The van der Waals surface area contributed by atoms with Crippen LogP contribution >= 0.6 is 0 Å². The van der Waals surface area contributed by atoms with E-state index in [0.717, 1.165) is 16.9 Å². The quantitative estimate of drug-likeness (QED) is 0.892. The maximum atomic E-state index is 12.3. The van der Waals surface area contributed by atoms with Crippen LogP contribution in [0.5, 0.6) is 5.75 Å². The van der Waals surface area contributed by atoms with Crippen LogP contribution in [-0.4, -0.2) is 43.0 Å². The predicted molar refractivity (Wildman–Crippen MR) is 75.6 cm³/mol. The van der Waals surface area contributed by atoms with Gasteiger partial charge in [0.1, 0.15) is 11.8 Å². The van der Waals surface area contributed by atoms with E-state index >= 15 is 0 Å². The standard InChI is InChI=1S/C15H20N2O3/c1-10-4-5-12(8-13(10)20-3)9-14(18)17-7-6-16-15(19)11(17)2/h4-5,8,11H,6-7,9H2,1-3H3,(H,16,19). The van der Waals surface area contributed by atoms with Crippen LogP contribution in [0.15, 0.2) is 18.2 Å². The van der Waals surface area contributed by atoms with Crippen molar-refractivity contribution in [1.29, 1.82) is 0 Å². The van der Waals surface area contributed by atoms with Crippen LogP contribution in [0.25, 0.3) is 0 Å². The summed E-state index contributed by atoms with van der Waals surface area (Å²) in [7, 11) is 1.62. The molecule has 5 nitrogen and oxygen atoms in total. The minimum absolute atomic E-state index is 0.0294. The summed E-state index contributed by atoms with van der Waals surface area (Å²) < 4.78 is 5.26. The molecule has 0 bridgehead atoms. The minimum Gasteiger partial charge on any atom is -0.496 e. The Morgan fingerprint density at radius 3 is 2.95 bits per heavy atom. The van der Waals surface area contributed by atoms with E-state index in [9.17, 15) is 9.59 Å². The normalized spacial score (nSPS) is 18.6. The number of nitrogens with zero attached hydrogens (tertiary/aromatic N) is 1. The summed E-state index contributed by atoms with van der Waals surface area (Å²) in [5.74, 6) is 0.657. The van der Waals surface area contributed by atoms with Gasteiger partial charge >= 0.3 is 0 Å². The highest BCUT2D eigenvalue weighted by Crippen LogP contribution is 2.20. The number of amides is 2. The summed E-state index contributed by atoms with van der Waals surface area (Å²) in [6, 6.07) is 5.34. The first-order valence-corrected chi connectivity index (χ1v) is 6.73. The molecule has 0 saturated carbocycles. The van der Waals surface area contributed by atoms with Crippen molar-refractivity contribution >= 4 is 11.8 Å². The summed E-state index contributed by atoms with van der Waals surface area (Å²) in [5.41, 5.74) is 1.94. The Labute approximate surface area is 118 Å². The molecular formula is C15H20N2O3. The highest BCUT2D eigenvalue weighted by Gasteiger charge is 2.28. The van der Waals surface area contributed by atoms with E-state index in [1.165, 1.54) is 0 Å². The molecule has 0 spiro atoms. The van der Waals surface area contributed by atoms with Gasteiger partial charge < -0.3 is 15.0 Å². The van der Waals surface area contributed by atoms with Gasteiger partial charge in [0.2, 0.25) is 11.8 Å². The molecule has 1 aliphatic heterocycles. The van der Waals surface area contributed by atoms with E-state index in [2.05, 4.69) is 5.32 Å². The van der Waals surface area contributed by atoms with Crippen LogP contribution in [0, 0.1) is 6.92 Å². The van der Waals surface area contributed by atoms with Crippen molar-refractivity contribution in [3.8, 4) is 5.75 Å². The molecule has 2 rings (SSSR count). The first kappa shape index (κ1) is 14.4. The van der Waals surface area contributed by atoms with E-state index in [-0.39, 0.29) is 18.2 Å². The average molecular weight is 276 g/mol. The molecule has 2 amide bonds. The van der Waals surface area contributed by atoms with Crippen molar-refractivity contribution in [3.63, 3.8) is 0 Å². The predicted octanol–water partition coefficient (Wildman–Crippen LogP) is 0.893. The highest BCUT2D eigenvalue weighted by atomic mass is 16.5. The smallest absolute Gasteiger partial charge is 0.242 e. The summed E-state index contributed by atoms with van der Waals surface area (Å²) in [4.78, 5) is 25.5. The van der Waals surface area contributed by atoms with Gasteiger partial charge in [0.25, 0.3) is 0 Å². The Kier molecular flexibility index (Phi) is 4.27. The third-order valence-electron chi connectivity index (χ3n) is 3.65. The number of ether oxygens (including phenoxy) is 1. The summed E-state index contributed by atoms with van der Waals surface area (Å²) in [6.45, 7) is 4.80. The molecule has 0 aliphatic carbocycles. The van der Waals surface area contributed by atoms with Crippen molar-refractivity contribution < 1.29 is 14.3 Å². The molecule has 5 heteroatoms. The second-order valence-electron chi connectivity index (χ2n) is 5.03. The summed E-state index contributed by atoms with van der Waals surface area (Å²) in [6.07, 6.45) is 0.286. The van der Waals surface area contributed by atoms with Gasteiger partial charge in [0.15, 0.2) is 0 Å². The third-order valence-corrected chi connectivity index (χ3v) is 3.65. The SMILES string of the molecule is COc1cc(CC(=O)N2CCNC(=O)C2C)ccc1C. The van der Waals surface area contributed by atoms with E-state index in [1.807, 2.05) is 25.1 Å². The molecule has 1 aromatic carbocycles. The van der Waals surface area contributed by atoms with E-state index < -0.39 is 6.04 Å². The van der Waals surface area contributed by atoms with Crippen LogP contribution in [0.3, 0.4) is 0 Å². The van der Waals surface area contributed by atoms with Crippen molar-refractivity contribution in [3.05, 3.63) is 29.3 Å². The van der Waals surface area contributed by atoms with Gasteiger partial charge in [-0.15, -0.1) is 0 Å². The number of rotatable bonds is 3. The highest BCUT2D eigenvalue weighted by molar-refractivity contribution is 5.89. The molecule has 20 heavy (non-hydrogen) atoms. The second kappa shape index (κ2) is 5.94. The van der Waals surface area contributed by atoms with Gasteiger partial charge in [-0.25, -0.2) is 0 Å². The molecule has 0 radical (unpaired) electrons. The van der Waals surface area contributed by atoms with Crippen molar-refractivity contribution in [1.82, 2.24) is 10.2 Å².